The van der Waals surface area contributed by atoms with Gasteiger partial charge in [-0.3, -0.25) is 19.9 Å². The third-order valence-corrected chi connectivity index (χ3v) is 4.38. The van der Waals surface area contributed by atoms with Crippen molar-refractivity contribution in [3.8, 4) is 0 Å². The Morgan fingerprint density at radius 1 is 1.40 bits per heavy atom. The fourth-order valence-electron chi connectivity index (χ4n) is 2.28. The van der Waals surface area contributed by atoms with Crippen molar-refractivity contribution in [1.29, 1.82) is 0 Å². The number of likely N-dealkylation sites (N-methyl/N-ethyl adjacent to an activating group) is 1. The second-order valence-electron chi connectivity index (χ2n) is 5.00. The van der Waals surface area contributed by atoms with Crippen molar-refractivity contribution in [2.45, 2.75) is 19.4 Å². The predicted molar refractivity (Wildman–Crippen MR) is 78.1 cm³/mol. The molecule has 110 valence electrons. The van der Waals surface area contributed by atoms with Gasteiger partial charge in [0.15, 0.2) is 0 Å². The lowest BCUT2D eigenvalue weighted by atomic mass is 10.4. The summed E-state index contributed by atoms with van der Waals surface area (Å²) in [6, 6.07) is 3.64. The van der Waals surface area contributed by atoms with Gasteiger partial charge in [-0.25, -0.2) is 5.84 Å². The maximum atomic E-state index is 12.0. The normalized spacial score (nSPS) is 14.8. The quantitative estimate of drug-likeness (QED) is 0.468. The van der Waals surface area contributed by atoms with Crippen LogP contribution in [0.2, 0.25) is 0 Å². The molecule has 0 unspecified atom stereocenters. The zero-order valence-corrected chi connectivity index (χ0v) is 12.4. The maximum Gasteiger partial charge on any atom is 0.275 e. The number of amides is 2. The average molecular weight is 296 g/mol. The van der Waals surface area contributed by atoms with E-state index in [1.165, 1.54) is 11.3 Å². The highest BCUT2D eigenvalue weighted by Gasteiger charge is 2.19. The molecule has 1 aromatic rings. The lowest BCUT2D eigenvalue weighted by Gasteiger charge is -2.20. The van der Waals surface area contributed by atoms with Crippen molar-refractivity contribution in [2.75, 3.05) is 26.7 Å². The monoisotopic (exact) mass is 296 g/mol. The van der Waals surface area contributed by atoms with Gasteiger partial charge >= 0.3 is 0 Å². The van der Waals surface area contributed by atoms with Crippen molar-refractivity contribution >= 4 is 23.2 Å². The topological polar surface area (TPSA) is 78.7 Å². The number of nitrogens with zero attached hydrogens (tertiary/aromatic N) is 2. The molecular formula is C13H20N4O2S. The van der Waals surface area contributed by atoms with Crippen LogP contribution >= 0.6 is 11.3 Å². The van der Waals surface area contributed by atoms with Crippen LogP contribution in [-0.4, -0.2) is 48.3 Å². The number of hydrogen-bond donors (Lipinski definition) is 2. The number of nitrogens with one attached hydrogen (secondary N) is 1. The molecule has 0 aliphatic carbocycles. The summed E-state index contributed by atoms with van der Waals surface area (Å²) in [5.41, 5.74) is 2.11. The molecule has 0 bridgehead atoms. The van der Waals surface area contributed by atoms with E-state index in [0.717, 1.165) is 30.8 Å². The van der Waals surface area contributed by atoms with Gasteiger partial charge in [0.1, 0.15) is 0 Å². The van der Waals surface area contributed by atoms with Crippen LogP contribution in [0, 0.1) is 0 Å². The van der Waals surface area contributed by atoms with Crippen molar-refractivity contribution in [3.05, 3.63) is 21.9 Å². The van der Waals surface area contributed by atoms with E-state index in [2.05, 4.69) is 5.43 Å². The summed E-state index contributed by atoms with van der Waals surface area (Å²) in [7, 11) is 1.91. The van der Waals surface area contributed by atoms with Gasteiger partial charge in [-0.1, -0.05) is 0 Å². The number of thiophene rings is 1. The fraction of sp³-hybridized carbons (Fsp3) is 0.538. The molecule has 0 atom stereocenters. The first-order valence-electron chi connectivity index (χ1n) is 6.66. The van der Waals surface area contributed by atoms with Crippen LogP contribution in [0.5, 0.6) is 0 Å². The number of likely N-dealkylation sites (tertiary alicyclic amines) is 1. The van der Waals surface area contributed by atoms with E-state index >= 15 is 0 Å². The summed E-state index contributed by atoms with van der Waals surface area (Å²) >= 11 is 1.39. The lowest BCUT2D eigenvalue weighted by molar-refractivity contribution is -0.131. The smallest absolute Gasteiger partial charge is 0.275 e. The van der Waals surface area contributed by atoms with Crippen LogP contribution in [0.4, 0.5) is 0 Å². The summed E-state index contributed by atoms with van der Waals surface area (Å²) in [5, 5.41) is 0. The summed E-state index contributed by atoms with van der Waals surface area (Å²) in [6.45, 7) is 2.83. The maximum absolute atomic E-state index is 12.0. The number of rotatable bonds is 5. The second kappa shape index (κ2) is 6.83. The Kier molecular flexibility index (Phi) is 5.11. The Labute approximate surface area is 122 Å². The minimum Gasteiger partial charge on any atom is -0.342 e. The van der Waals surface area contributed by atoms with Gasteiger partial charge in [-0.05, 0) is 32.0 Å². The molecule has 0 saturated carbocycles. The summed E-state index contributed by atoms with van der Waals surface area (Å²) in [4.78, 5) is 28.9. The zero-order valence-electron chi connectivity index (χ0n) is 11.6. The molecule has 3 N–H and O–H groups in total. The molecule has 2 rings (SSSR count). The molecule has 1 fully saturated rings. The van der Waals surface area contributed by atoms with Gasteiger partial charge < -0.3 is 4.90 Å². The standard InChI is InChI=1S/C13H20N4O2S/c1-16(9-12(18)17-6-2-3-7-17)8-10-4-5-11(20-10)13(19)15-14/h4-5H,2-3,6-9,14H2,1H3,(H,15,19). The van der Waals surface area contributed by atoms with Gasteiger partial charge in [0.25, 0.3) is 5.91 Å². The number of hydrogen-bond acceptors (Lipinski definition) is 5. The second-order valence-corrected chi connectivity index (χ2v) is 6.17. The largest absolute Gasteiger partial charge is 0.342 e. The van der Waals surface area contributed by atoms with E-state index in [4.69, 9.17) is 5.84 Å². The highest BCUT2D eigenvalue weighted by molar-refractivity contribution is 7.14. The number of nitrogens with two attached hydrogens (primary N) is 1. The fourth-order valence-corrected chi connectivity index (χ4v) is 3.27. The van der Waals surface area contributed by atoms with Crippen LogP contribution in [0.15, 0.2) is 12.1 Å². The molecule has 1 aliphatic rings. The Balaban J connectivity index is 1.84. The molecule has 0 radical (unpaired) electrons. The predicted octanol–water partition coefficient (Wildman–Crippen LogP) is 0.406. The van der Waals surface area contributed by atoms with Crippen molar-refractivity contribution in [2.24, 2.45) is 5.84 Å². The Morgan fingerprint density at radius 2 is 2.10 bits per heavy atom. The van der Waals surface area contributed by atoms with E-state index in [-0.39, 0.29) is 11.8 Å². The van der Waals surface area contributed by atoms with Gasteiger partial charge in [0.2, 0.25) is 5.91 Å². The third kappa shape index (κ3) is 3.78. The van der Waals surface area contributed by atoms with Crippen LogP contribution in [0.1, 0.15) is 27.4 Å². The third-order valence-electron chi connectivity index (χ3n) is 3.31. The molecule has 1 saturated heterocycles. The molecule has 0 aromatic carbocycles. The average Bonchev–Trinajstić information content (AvgIpc) is 3.08. The van der Waals surface area contributed by atoms with Crippen molar-refractivity contribution in [3.63, 3.8) is 0 Å². The summed E-state index contributed by atoms with van der Waals surface area (Å²) < 4.78 is 0. The first kappa shape index (κ1) is 15.0. The number of carbonyl (C=O) groups is 2. The van der Waals surface area contributed by atoms with Gasteiger partial charge in [-0.15, -0.1) is 11.3 Å². The van der Waals surface area contributed by atoms with Gasteiger partial charge in [0.05, 0.1) is 11.4 Å². The first-order chi connectivity index (χ1) is 9.60. The SMILES string of the molecule is CN(CC(=O)N1CCCC1)Cc1ccc(C(=O)NN)s1. The van der Waals surface area contributed by atoms with Crippen LogP contribution in [-0.2, 0) is 11.3 Å². The van der Waals surface area contributed by atoms with Gasteiger partial charge in [-0.2, -0.15) is 0 Å². The minimum absolute atomic E-state index is 0.182. The van der Waals surface area contributed by atoms with E-state index in [0.29, 0.717) is 18.0 Å². The Hall–Kier alpha value is -1.44. The minimum atomic E-state index is -0.281. The molecule has 6 nitrogen and oxygen atoms in total. The zero-order chi connectivity index (χ0) is 14.5. The molecule has 2 heterocycles. The molecule has 0 spiro atoms. The Morgan fingerprint density at radius 3 is 2.75 bits per heavy atom. The van der Waals surface area contributed by atoms with E-state index < -0.39 is 0 Å². The molecule has 20 heavy (non-hydrogen) atoms. The lowest BCUT2D eigenvalue weighted by Crippen LogP contribution is -2.36. The first-order valence-corrected chi connectivity index (χ1v) is 7.48. The van der Waals surface area contributed by atoms with Crippen LogP contribution < -0.4 is 11.3 Å². The highest BCUT2D eigenvalue weighted by atomic mass is 32.1. The van der Waals surface area contributed by atoms with E-state index in [1.807, 2.05) is 22.9 Å². The number of hydrazine groups is 1. The Bertz CT molecular complexity index is 482. The molecule has 1 aromatic heterocycles. The molecule has 7 heteroatoms. The highest BCUT2D eigenvalue weighted by Crippen LogP contribution is 2.18. The molecule has 1 aliphatic heterocycles. The number of carbonyl (C=O) groups excluding carboxylic acids is 2. The van der Waals surface area contributed by atoms with E-state index in [1.54, 1.807) is 6.07 Å². The molecular weight excluding hydrogens is 276 g/mol. The van der Waals surface area contributed by atoms with Crippen LogP contribution in [0.3, 0.4) is 0 Å². The van der Waals surface area contributed by atoms with Crippen molar-refractivity contribution in [1.82, 2.24) is 15.2 Å². The van der Waals surface area contributed by atoms with Crippen molar-refractivity contribution < 1.29 is 9.59 Å². The number of nitrogen functional groups attached to an aromatic ring is 1. The van der Waals surface area contributed by atoms with E-state index in [9.17, 15) is 9.59 Å². The summed E-state index contributed by atoms with van der Waals surface area (Å²) in [6.07, 6.45) is 2.22. The van der Waals surface area contributed by atoms with Gasteiger partial charge in [0, 0.05) is 24.5 Å². The van der Waals surface area contributed by atoms with Crippen LogP contribution in [0.25, 0.3) is 0 Å². The molecule has 2 amide bonds. The summed E-state index contributed by atoms with van der Waals surface area (Å²) in [5.74, 6) is 5.00.